The Labute approximate surface area is 93.1 Å². The van der Waals surface area contributed by atoms with E-state index in [2.05, 4.69) is 47.6 Å². The van der Waals surface area contributed by atoms with E-state index in [1.54, 1.807) is 0 Å². The molecule has 0 aliphatic carbocycles. The maximum absolute atomic E-state index is 3.97. The molecule has 0 nitrogen and oxygen atoms in total. The van der Waals surface area contributed by atoms with Gasteiger partial charge >= 0.3 is 93.3 Å². The third kappa shape index (κ3) is 2.56. The minimum absolute atomic E-state index is 0.497. The van der Waals surface area contributed by atoms with Crippen LogP contribution in [0.1, 0.15) is 0 Å². The van der Waals surface area contributed by atoms with Crippen molar-refractivity contribution >= 4 is 25.1 Å². The van der Waals surface area contributed by atoms with E-state index >= 15 is 0 Å². The Morgan fingerprint density at radius 3 is 2.14 bits per heavy atom. The molecule has 0 radical (unpaired) electrons. The SMILES string of the molecule is C=CB(C=C)[C@H]1[CH2][Sn]([CH3])([CH3])[CH2][C@@H]1C=C. The van der Waals surface area contributed by atoms with Gasteiger partial charge in [0.15, 0.2) is 0 Å². The first kappa shape index (κ1) is 12.2. The van der Waals surface area contributed by atoms with E-state index in [0.717, 1.165) is 11.7 Å². The Hall–Kier alpha value is 0.0836. The first-order valence-electron chi connectivity index (χ1n) is 5.42. The Morgan fingerprint density at radius 1 is 1.14 bits per heavy atom. The number of rotatable bonds is 4. The van der Waals surface area contributed by atoms with Gasteiger partial charge in [0.1, 0.15) is 0 Å². The van der Waals surface area contributed by atoms with E-state index in [1.807, 2.05) is 0 Å². The summed E-state index contributed by atoms with van der Waals surface area (Å²) in [7, 11) is 0. The van der Waals surface area contributed by atoms with Gasteiger partial charge in [0.2, 0.25) is 0 Å². The molecule has 1 saturated heterocycles. The van der Waals surface area contributed by atoms with Crippen molar-refractivity contribution in [2.45, 2.75) is 24.6 Å². The Kier molecular flexibility index (Phi) is 4.11. The van der Waals surface area contributed by atoms with Crippen LogP contribution in [0.2, 0.25) is 24.6 Å². The molecule has 1 heterocycles. The van der Waals surface area contributed by atoms with Crippen molar-refractivity contribution in [3.63, 3.8) is 0 Å². The second kappa shape index (κ2) is 4.74. The van der Waals surface area contributed by atoms with Crippen LogP contribution < -0.4 is 0 Å². The van der Waals surface area contributed by atoms with E-state index < -0.39 is 18.4 Å². The summed E-state index contributed by atoms with van der Waals surface area (Å²) in [5.41, 5.74) is 0. The van der Waals surface area contributed by atoms with Crippen molar-refractivity contribution < 1.29 is 0 Å². The zero-order chi connectivity index (χ0) is 10.8. The van der Waals surface area contributed by atoms with Gasteiger partial charge in [-0.05, 0) is 0 Å². The molecule has 0 aromatic rings. The molecule has 76 valence electrons. The van der Waals surface area contributed by atoms with Gasteiger partial charge in [0.05, 0.1) is 0 Å². The van der Waals surface area contributed by atoms with Crippen LogP contribution in [0.4, 0.5) is 0 Å². The molecule has 0 amide bonds. The molecule has 0 aromatic heterocycles. The third-order valence-corrected chi connectivity index (χ3v) is 12.5. The molecule has 2 heteroatoms. The Morgan fingerprint density at radius 2 is 1.71 bits per heavy atom. The van der Waals surface area contributed by atoms with E-state index in [-0.39, 0.29) is 0 Å². The Bertz CT molecular complexity index is 237. The summed E-state index contributed by atoms with van der Waals surface area (Å²) in [5.74, 6) is 5.60. The van der Waals surface area contributed by atoms with Crippen LogP contribution in [-0.4, -0.2) is 25.1 Å². The van der Waals surface area contributed by atoms with Gasteiger partial charge in [-0.15, -0.1) is 0 Å². The van der Waals surface area contributed by atoms with Crippen LogP contribution in [0.15, 0.2) is 37.8 Å². The van der Waals surface area contributed by atoms with Crippen molar-refractivity contribution in [3.05, 3.63) is 37.8 Å². The van der Waals surface area contributed by atoms with Crippen LogP contribution in [0.5, 0.6) is 0 Å². The Balaban J connectivity index is 2.81. The van der Waals surface area contributed by atoms with Crippen molar-refractivity contribution in [1.29, 1.82) is 0 Å². The van der Waals surface area contributed by atoms with Gasteiger partial charge in [0.25, 0.3) is 0 Å². The fourth-order valence-corrected chi connectivity index (χ4v) is 13.5. The van der Waals surface area contributed by atoms with Gasteiger partial charge in [-0.3, -0.25) is 0 Å². The quantitative estimate of drug-likeness (QED) is 0.546. The van der Waals surface area contributed by atoms with Crippen LogP contribution in [0.25, 0.3) is 0 Å². The van der Waals surface area contributed by atoms with Crippen molar-refractivity contribution in [2.75, 3.05) is 0 Å². The minimum atomic E-state index is -1.67. The zero-order valence-corrected chi connectivity index (χ0v) is 12.4. The maximum atomic E-state index is 3.97. The van der Waals surface area contributed by atoms with Crippen LogP contribution in [0, 0.1) is 5.92 Å². The molecular weight excluding hydrogens is 274 g/mol. The molecule has 1 aliphatic heterocycles. The second-order valence-electron chi connectivity index (χ2n) is 5.18. The van der Waals surface area contributed by atoms with Gasteiger partial charge in [-0.1, -0.05) is 0 Å². The predicted molar refractivity (Wildman–Crippen MR) is 70.7 cm³/mol. The molecule has 0 spiro atoms. The van der Waals surface area contributed by atoms with Crippen LogP contribution in [-0.2, 0) is 0 Å². The first-order chi connectivity index (χ1) is 6.54. The third-order valence-electron chi connectivity index (χ3n) is 3.47. The molecule has 0 aromatic carbocycles. The summed E-state index contributed by atoms with van der Waals surface area (Å²) in [5, 5.41) is 0. The molecule has 0 N–H and O–H groups in total. The van der Waals surface area contributed by atoms with Gasteiger partial charge in [-0.25, -0.2) is 0 Å². The first-order valence-corrected chi connectivity index (χ1v) is 15.2. The molecule has 1 fully saturated rings. The van der Waals surface area contributed by atoms with Gasteiger partial charge in [0, 0.05) is 0 Å². The average Bonchev–Trinajstić information content (AvgIpc) is 2.44. The summed E-state index contributed by atoms with van der Waals surface area (Å²) in [4.78, 5) is 5.10. The van der Waals surface area contributed by atoms with Crippen LogP contribution in [0.3, 0.4) is 0 Å². The summed E-state index contributed by atoms with van der Waals surface area (Å²) in [6.07, 6.45) is 2.16. The summed E-state index contributed by atoms with van der Waals surface area (Å²) in [6.45, 7) is 12.3. The summed E-state index contributed by atoms with van der Waals surface area (Å²) in [6, 6.07) is 0. The molecular formula is C12H21BSn. The van der Waals surface area contributed by atoms with Crippen LogP contribution >= 0.6 is 0 Å². The van der Waals surface area contributed by atoms with E-state index in [4.69, 9.17) is 0 Å². The molecule has 0 unspecified atom stereocenters. The topological polar surface area (TPSA) is 0 Å². The molecule has 1 rings (SSSR count). The zero-order valence-electron chi connectivity index (χ0n) is 9.50. The fourth-order valence-electron chi connectivity index (χ4n) is 2.79. The molecule has 1 aliphatic rings. The predicted octanol–water partition coefficient (Wildman–Crippen LogP) is 3.83. The molecule has 0 bridgehead atoms. The van der Waals surface area contributed by atoms with E-state index in [0.29, 0.717) is 6.71 Å². The van der Waals surface area contributed by atoms with Crippen molar-refractivity contribution in [1.82, 2.24) is 0 Å². The van der Waals surface area contributed by atoms with E-state index in [1.165, 1.54) is 8.87 Å². The van der Waals surface area contributed by atoms with Gasteiger partial charge in [-0.2, -0.15) is 0 Å². The standard InChI is InChI=1S/C10H15B.2CH3.Sn/c1-6-9(4)10(5)11(7-2)8-3;;;/h6-10H,1-5H2;2*1H3;/t9-,10+;;;/m1.../s1. The average molecular weight is 295 g/mol. The molecule has 14 heavy (non-hydrogen) atoms. The molecule has 0 saturated carbocycles. The van der Waals surface area contributed by atoms with E-state index in [9.17, 15) is 0 Å². The second-order valence-corrected chi connectivity index (χ2v) is 19.9. The summed E-state index contributed by atoms with van der Waals surface area (Å²) < 4.78 is 2.93. The normalized spacial score (nSPS) is 29.6. The number of hydrogen-bond acceptors (Lipinski definition) is 0. The fraction of sp³-hybridized carbons (Fsp3) is 0.500. The van der Waals surface area contributed by atoms with Crippen molar-refractivity contribution in [2.24, 2.45) is 5.92 Å². The van der Waals surface area contributed by atoms with Crippen molar-refractivity contribution in [3.8, 4) is 0 Å². The monoisotopic (exact) mass is 296 g/mol. The number of allylic oxidation sites excluding steroid dienone is 1. The van der Waals surface area contributed by atoms with Gasteiger partial charge < -0.3 is 0 Å². The number of hydrogen-bond donors (Lipinski definition) is 0. The molecule has 2 atom stereocenters. The summed E-state index contributed by atoms with van der Waals surface area (Å²) >= 11 is -1.67.